The molecule has 4 nitrogen and oxygen atoms in total. The largest absolute Gasteiger partial charge is 0.383 e. The summed E-state index contributed by atoms with van der Waals surface area (Å²) in [5, 5.41) is 3.39. The molecule has 0 saturated heterocycles. The standard InChI is InChI=1S/C17H31N3O/c1-6-15(7-2)20(11-12-21-5)16-9-10-17(19-13-16)14(4)18-8-3/h9-10,13-15,18H,6-8,11-12H2,1-5H3. The lowest BCUT2D eigenvalue weighted by Crippen LogP contribution is -2.37. The highest BCUT2D eigenvalue weighted by atomic mass is 16.5. The van der Waals surface area contributed by atoms with Crippen LogP contribution in [0.15, 0.2) is 18.3 Å². The first-order chi connectivity index (χ1) is 10.2. The monoisotopic (exact) mass is 293 g/mol. The molecule has 4 heteroatoms. The fraction of sp³-hybridized carbons (Fsp3) is 0.706. The maximum absolute atomic E-state index is 5.25. The molecule has 0 aliphatic carbocycles. The third-order valence-corrected chi connectivity index (χ3v) is 3.98. The predicted octanol–water partition coefficient (Wildman–Crippen LogP) is 3.39. The summed E-state index contributed by atoms with van der Waals surface area (Å²) < 4.78 is 5.25. The van der Waals surface area contributed by atoms with E-state index in [4.69, 9.17) is 4.74 Å². The van der Waals surface area contributed by atoms with Gasteiger partial charge in [0.2, 0.25) is 0 Å². The maximum Gasteiger partial charge on any atom is 0.0637 e. The molecule has 21 heavy (non-hydrogen) atoms. The summed E-state index contributed by atoms with van der Waals surface area (Å²) >= 11 is 0. The number of hydrogen-bond donors (Lipinski definition) is 1. The van der Waals surface area contributed by atoms with Crippen LogP contribution in [0.25, 0.3) is 0 Å². The summed E-state index contributed by atoms with van der Waals surface area (Å²) in [4.78, 5) is 7.05. The fourth-order valence-corrected chi connectivity index (χ4v) is 2.68. The smallest absolute Gasteiger partial charge is 0.0637 e. The first kappa shape index (κ1) is 17.9. The van der Waals surface area contributed by atoms with Crippen LogP contribution in [-0.4, -0.2) is 37.8 Å². The van der Waals surface area contributed by atoms with Crippen LogP contribution in [0.3, 0.4) is 0 Å². The zero-order chi connectivity index (χ0) is 15.7. The molecule has 0 aliphatic rings. The van der Waals surface area contributed by atoms with Crippen LogP contribution >= 0.6 is 0 Å². The highest BCUT2D eigenvalue weighted by Gasteiger charge is 2.16. The van der Waals surface area contributed by atoms with Crippen molar-refractivity contribution in [2.75, 3.05) is 31.7 Å². The Morgan fingerprint density at radius 1 is 1.24 bits per heavy atom. The van der Waals surface area contributed by atoms with E-state index in [0.717, 1.165) is 38.2 Å². The van der Waals surface area contributed by atoms with Crippen molar-refractivity contribution < 1.29 is 4.74 Å². The molecule has 0 spiro atoms. The first-order valence-corrected chi connectivity index (χ1v) is 8.12. The normalized spacial score (nSPS) is 12.7. The molecule has 1 aromatic rings. The van der Waals surface area contributed by atoms with Gasteiger partial charge in [-0.25, -0.2) is 0 Å². The summed E-state index contributed by atoms with van der Waals surface area (Å²) in [5.74, 6) is 0. The molecule has 0 radical (unpaired) electrons. The minimum Gasteiger partial charge on any atom is -0.383 e. The molecule has 1 unspecified atom stereocenters. The SMILES string of the molecule is CCNC(C)c1ccc(N(CCOC)C(CC)CC)cn1. The predicted molar refractivity (Wildman–Crippen MR) is 89.9 cm³/mol. The lowest BCUT2D eigenvalue weighted by atomic mass is 10.1. The van der Waals surface area contributed by atoms with Crippen molar-refractivity contribution in [3.8, 4) is 0 Å². The van der Waals surface area contributed by atoms with Crippen molar-refractivity contribution in [2.24, 2.45) is 0 Å². The van der Waals surface area contributed by atoms with E-state index in [9.17, 15) is 0 Å². The number of aromatic nitrogens is 1. The Morgan fingerprint density at radius 2 is 1.95 bits per heavy atom. The van der Waals surface area contributed by atoms with Crippen LogP contribution in [0.2, 0.25) is 0 Å². The third-order valence-electron chi connectivity index (χ3n) is 3.98. The van der Waals surface area contributed by atoms with Crippen LogP contribution in [0.1, 0.15) is 52.3 Å². The molecule has 0 bridgehead atoms. The van der Waals surface area contributed by atoms with E-state index >= 15 is 0 Å². The van der Waals surface area contributed by atoms with Crippen LogP contribution in [0, 0.1) is 0 Å². The van der Waals surface area contributed by atoms with E-state index in [1.165, 1.54) is 5.69 Å². The topological polar surface area (TPSA) is 37.4 Å². The molecule has 120 valence electrons. The summed E-state index contributed by atoms with van der Waals surface area (Å²) in [5.41, 5.74) is 2.28. The molecule has 1 N–H and O–H groups in total. The highest BCUT2D eigenvalue weighted by Crippen LogP contribution is 2.21. The highest BCUT2D eigenvalue weighted by molar-refractivity contribution is 5.46. The molecule has 1 aromatic heterocycles. The Kier molecular flexibility index (Phi) is 8.31. The second-order valence-corrected chi connectivity index (χ2v) is 5.38. The van der Waals surface area contributed by atoms with E-state index in [1.54, 1.807) is 7.11 Å². The Bertz CT molecular complexity index is 376. The van der Waals surface area contributed by atoms with Gasteiger partial charge in [0.25, 0.3) is 0 Å². The van der Waals surface area contributed by atoms with Gasteiger partial charge >= 0.3 is 0 Å². The van der Waals surface area contributed by atoms with Crippen molar-refractivity contribution >= 4 is 5.69 Å². The Labute approximate surface area is 129 Å². The number of hydrogen-bond acceptors (Lipinski definition) is 4. The summed E-state index contributed by atoms with van der Waals surface area (Å²) in [7, 11) is 1.75. The van der Waals surface area contributed by atoms with Crippen LogP contribution in [0.5, 0.6) is 0 Å². The number of methoxy groups -OCH3 is 1. The van der Waals surface area contributed by atoms with Gasteiger partial charge in [0.05, 0.1) is 24.2 Å². The molecule has 0 amide bonds. The molecule has 0 fully saturated rings. The first-order valence-electron chi connectivity index (χ1n) is 8.12. The van der Waals surface area contributed by atoms with Crippen molar-refractivity contribution in [3.63, 3.8) is 0 Å². The Balaban J connectivity index is 2.87. The van der Waals surface area contributed by atoms with Crippen molar-refractivity contribution in [2.45, 2.75) is 52.6 Å². The molecular weight excluding hydrogens is 262 g/mol. The second kappa shape index (κ2) is 9.74. The van der Waals surface area contributed by atoms with Gasteiger partial charge in [0, 0.05) is 25.7 Å². The molecule has 1 rings (SSSR count). The molecular formula is C17H31N3O. The average Bonchev–Trinajstić information content (AvgIpc) is 2.52. The Morgan fingerprint density at radius 3 is 2.43 bits per heavy atom. The molecule has 1 heterocycles. The molecule has 0 aromatic carbocycles. The quantitative estimate of drug-likeness (QED) is 0.717. The number of rotatable bonds is 10. The fourth-order valence-electron chi connectivity index (χ4n) is 2.68. The van der Waals surface area contributed by atoms with E-state index in [-0.39, 0.29) is 0 Å². The van der Waals surface area contributed by atoms with E-state index < -0.39 is 0 Å². The van der Waals surface area contributed by atoms with Gasteiger partial charge in [-0.1, -0.05) is 20.8 Å². The van der Waals surface area contributed by atoms with Gasteiger partial charge in [-0.3, -0.25) is 4.98 Å². The lowest BCUT2D eigenvalue weighted by molar-refractivity contribution is 0.202. The van der Waals surface area contributed by atoms with Gasteiger partial charge in [-0.2, -0.15) is 0 Å². The summed E-state index contributed by atoms with van der Waals surface area (Å²) in [6.07, 6.45) is 4.27. The number of nitrogens with one attached hydrogen (secondary N) is 1. The van der Waals surface area contributed by atoms with Crippen LogP contribution < -0.4 is 10.2 Å². The van der Waals surface area contributed by atoms with Gasteiger partial charge in [0.15, 0.2) is 0 Å². The number of nitrogens with zero attached hydrogens (tertiary/aromatic N) is 2. The third kappa shape index (κ3) is 5.29. The minimum atomic E-state index is 0.296. The van der Waals surface area contributed by atoms with E-state index in [1.807, 2.05) is 6.20 Å². The van der Waals surface area contributed by atoms with Gasteiger partial charge in [0.1, 0.15) is 0 Å². The zero-order valence-corrected chi connectivity index (χ0v) is 14.2. The molecule has 1 atom stereocenters. The minimum absolute atomic E-state index is 0.296. The summed E-state index contributed by atoms with van der Waals surface area (Å²) in [6.45, 7) is 11.3. The summed E-state index contributed by atoms with van der Waals surface area (Å²) in [6, 6.07) is 5.15. The molecule has 0 aliphatic heterocycles. The average molecular weight is 293 g/mol. The number of pyridine rings is 1. The van der Waals surface area contributed by atoms with Gasteiger partial charge < -0.3 is 15.0 Å². The van der Waals surface area contributed by atoms with Crippen molar-refractivity contribution in [1.82, 2.24) is 10.3 Å². The van der Waals surface area contributed by atoms with E-state index in [0.29, 0.717) is 12.1 Å². The molecule has 0 saturated carbocycles. The lowest BCUT2D eigenvalue weighted by Gasteiger charge is -2.32. The van der Waals surface area contributed by atoms with Crippen molar-refractivity contribution in [3.05, 3.63) is 24.0 Å². The number of ether oxygens (including phenoxy) is 1. The van der Waals surface area contributed by atoms with Gasteiger partial charge in [-0.05, 0) is 38.4 Å². The number of anilines is 1. The van der Waals surface area contributed by atoms with Crippen molar-refractivity contribution in [1.29, 1.82) is 0 Å². The van der Waals surface area contributed by atoms with Gasteiger partial charge in [-0.15, -0.1) is 0 Å². The van der Waals surface area contributed by atoms with Crippen LogP contribution in [-0.2, 0) is 4.74 Å². The maximum atomic E-state index is 5.25. The van der Waals surface area contributed by atoms with E-state index in [2.05, 4.69) is 55.0 Å². The Hall–Kier alpha value is -1.13. The zero-order valence-electron chi connectivity index (χ0n) is 14.2. The van der Waals surface area contributed by atoms with Crippen LogP contribution in [0.4, 0.5) is 5.69 Å². The second-order valence-electron chi connectivity index (χ2n) is 5.38.